The fourth-order valence-electron chi connectivity index (χ4n) is 4.34. The minimum Gasteiger partial charge on any atom is -0.488 e. The van der Waals surface area contributed by atoms with E-state index in [1.54, 1.807) is 18.2 Å². The molecule has 12 heteroatoms. The molecule has 1 fully saturated rings. The maximum absolute atomic E-state index is 12.8. The largest absolute Gasteiger partial charge is 0.573 e. The number of nitrogens with one attached hydrogen (secondary N) is 2. The number of nitrogens with zero attached hydrogens (tertiary/aromatic N) is 1. The molecule has 0 aromatic heterocycles. The van der Waals surface area contributed by atoms with Crippen LogP contribution in [0.1, 0.15) is 34.3 Å². The first-order valence-electron chi connectivity index (χ1n) is 10.9. The molecular formula is C24H18F3N3O6. The van der Waals surface area contributed by atoms with Gasteiger partial charge in [0.1, 0.15) is 24.1 Å². The maximum atomic E-state index is 12.8. The van der Waals surface area contributed by atoms with E-state index in [9.17, 15) is 32.3 Å². The molecule has 4 amide bonds. The van der Waals surface area contributed by atoms with Crippen LogP contribution in [-0.2, 0) is 20.9 Å². The summed E-state index contributed by atoms with van der Waals surface area (Å²) in [5.41, 5.74) is 2.11. The topological polar surface area (TPSA) is 114 Å². The minimum absolute atomic E-state index is 0.148. The van der Waals surface area contributed by atoms with Gasteiger partial charge in [0.15, 0.2) is 0 Å². The van der Waals surface area contributed by atoms with E-state index in [1.165, 1.54) is 17.0 Å². The zero-order valence-electron chi connectivity index (χ0n) is 18.5. The van der Waals surface area contributed by atoms with Gasteiger partial charge in [0.2, 0.25) is 11.8 Å². The lowest BCUT2D eigenvalue weighted by Gasteiger charge is -2.29. The first-order chi connectivity index (χ1) is 17.1. The summed E-state index contributed by atoms with van der Waals surface area (Å²) in [6.45, 7) is -0.00725. The predicted octanol–water partition coefficient (Wildman–Crippen LogP) is 2.76. The Kier molecular flexibility index (Phi) is 5.65. The van der Waals surface area contributed by atoms with Gasteiger partial charge in [0.05, 0.1) is 5.57 Å². The highest BCUT2D eigenvalue weighted by Gasteiger charge is 2.39. The number of benzene rings is 2. The molecule has 1 unspecified atom stereocenters. The predicted molar refractivity (Wildman–Crippen MR) is 118 cm³/mol. The lowest BCUT2D eigenvalue weighted by molar-refractivity contribution is -0.274. The van der Waals surface area contributed by atoms with Crippen molar-refractivity contribution in [3.8, 4) is 11.5 Å². The minimum atomic E-state index is -4.83. The van der Waals surface area contributed by atoms with Gasteiger partial charge in [0, 0.05) is 35.8 Å². The molecule has 0 aliphatic carbocycles. The van der Waals surface area contributed by atoms with Gasteiger partial charge in [-0.15, -0.1) is 13.2 Å². The molecule has 0 radical (unpaired) electrons. The van der Waals surface area contributed by atoms with Gasteiger partial charge < -0.3 is 19.7 Å². The molecule has 0 spiro atoms. The van der Waals surface area contributed by atoms with Gasteiger partial charge in [0.25, 0.3) is 11.8 Å². The third-order valence-electron chi connectivity index (χ3n) is 6.00. The normalized spacial score (nSPS) is 19.1. The average Bonchev–Trinajstić information content (AvgIpc) is 3.13. The van der Waals surface area contributed by atoms with E-state index in [0.29, 0.717) is 22.4 Å². The Balaban J connectivity index is 1.28. The number of carbonyl (C=O) groups is 4. The SMILES string of the molecule is O=C1CCC(N2Cc3cc(NC(=O)C4=Cc5ccc(OC(F)(F)F)cc5OC4)ccc3C2=O)C(=O)N1. The van der Waals surface area contributed by atoms with E-state index < -0.39 is 30.0 Å². The van der Waals surface area contributed by atoms with Gasteiger partial charge in [-0.25, -0.2) is 0 Å². The summed E-state index contributed by atoms with van der Waals surface area (Å²) in [6.07, 6.45) is -2.93. The molecule has 1 atom stereocenters. The molecule has 5 rings (SSSR count). The summed E-state index contributed by atoms with van der Waals surface area (Å²) in [7, 11) is 0. The van der Waals surface area contributed by atoms with Crippen molar-refractivity contribution in [3.05, 3.63) is 58.7 Å². The molecular weight excluding hydrogens is 483 g/mol. The van der Waals surface area contributed by atoms with Crippen molar-refractivity contribution in [1.82, 2.24) is 10.2 Å². The van der Waals surface area contributed by atoms with Crippen LogP contribution < -0.4 is 20.1 Å². The first kappa shape index (κ1) is 23.4. The lowest BCUT2D eigenvalue weighted by Crippen LogP contribution is -2.52. The highest BCUT2D eigenvalue weighted by atomic mass is 19.4. The number of anilines is 1. The van der Waals surface area contributed by atoms with Gasteiger partial charge in [-0.2, -0.15) is 0 Å². The average molecular weight is 501 g/mol. The molecule has 3 aliphatic rings. The number of alkyl halides is 3. The summed E-state index contributed by atoms with van der Waals surface area (Å²) < 4.78 is 46.6. The lowest BCUT2D eigenvalue weighted by atomic mass is 10.0. The van der Waals surface area contributed by atoms with E-state index in [1.807, 2.05) is 0 Å². The van der Waals surface area contributed by atoms with E-state index in [-0.39, 0.29) is 49.1 Å². The molecule has 2 N–H and O–H groups in total. The first-order valence-corrected chi connectivity index (χ1v) is 10.9. The van der Waals surface area contributed by atoms with Crippen molar-refractivity contribution >= 4 is 35.4 Å². The van der Waals surface area contributed by atoms with E-state index in [4.69, 9.17) is 4.74 Å². The Morgan fingerprint density at radius 3 is 2.69 bits per heavy atom. The third-order valence-corrected chi connectivity index (χ3v) is 6.00. The number of imide groups is 1. The second-order valence-electron chi connectivity index (χ2n) is 8.43. The smallest absolute Gasteiger partial charge is 0.488 e. The van der Waals surface area contributed by atoms with Crippen LogP contribution in [0.25, 0.3) is 6.08 Å². The summed E-state index contributed by atoms with van der Waals surface area (Å²) in [5.74, 6) is -1.97. The zero-order valence-corrected chi connectivity index (χ0v) is 18.5. The molecule has 3 heterocycles. The van der Waals surface area contributed by atoms with Crippen LogP contribution in [0.15, 0.2) is 42.0 Å². The molecule has 3 aliphatic heterocycles. The zero-order chi connectivity index (χ0) is 25.6. The summed E-state index contributed by atoms with van der Waals surface area (Å²) in [4.78, 5) is 50.6. The number of ether oxygens (including phenoxy) is 2. The number of carbonyl (C=O) groups excluding carboxylic acids is 4. The highest BCUT2D eigenvalue weighted by molar-refractivity contribution is 6.08. The molecule has 1 saturated heterocycles. The quantitative estimate of drug-likeness (QED) is 0.623. The Labute approximate surface area is 201 Å². The second-order valence-corrected chi connectivity index (χ2v) is 8.43. The summed E-state index contributed by atoms with van der Waals surface area (Å²) >= 11 is 0. The summed E-state index contributed by atoms with van der Waals surface area (Å²) in [5, 5.41) is 4.97. The summed E-state index contributed by atoms with van der Waals surface area (Å²) in [6, 6.07) is 7.58. The number of rotatable bonds is 4. The Morgan fingerprint density at radius 1 is 1.14 bits per heavy atom. The molecule has 9 nitrogen and oxygen atoms in total. The molecule has 2 aromatic rings. The van der Waals surface area contributed by atoms with Crippen LogP contribution in [0.5, 0.6) is 11.5 Å². The monoisotopic (exact) mass is 501 g/mol. The molecule has 2 aromatic carbocycles. The molecule has 186 valence electrons. The molecule has 36 heavy (non-hydrogen) atoms. The van der Waals surface area contributed by atoms with Gasteiger partial charge >= 0.3 is 6.36 Å². The van der Waals surface area contributed by atoms with Crippen molar-refractivity contribution in [3.63, 3.8) is 0 Å². The van der Waals surface area contributed by atoms with Crippen molar-refractivity contribution in [2.45, 2.75) is 31.8 Å². The van der Waals surface area contributed by atoms with Crippen molar-refractivity contribution in [2.24, 2.45) is 0 Å². The van der Waals surface area contributed by atoms with Crippen LogP contribution in [0.2, 0.25) is 0 Å². The van der Waals surface area contributed by atoms with Crippen molar-refractivity contribution in [1.29, 1.82) is 0 Å². The van der Waals surface area contributed by atoms with E-state index >= 15 is 0 Å². The number of hydrogen-bond acceptors (Lipinski definition) is 6. The van der Waals surface area contributed by atoms with Gasteiger partial charge in [-0.05, 0) is 48.4 Å². The van der Waals surface area contributed by atoms with Crippen LogP contribution in [-0.4, -0.2) is 47.5 Å². The Morgan fingerprint density at radius 2 is 1.94 bits per heavy atom. The van der Waals surface area contributed by atoms with E-state index in [0.717, 1.165) is 12.1 Å². The Hall–Kier alpha value is -4.35. The standard InChI is InChI=1S/C24H18F3N3O6/c25-24(26,27)36-16-3-1-12-7-14(11-35-19(12)9-16)21(32)28-15-2-4-17-13(8-15)10-30(23(17)34)18-5-6-20(31)29-22(18)33/h1-4,7-9,18H,5-6,10-11H2,(H,28,32)(H,29,31,33). The Bertz CT molecular complexity index is 1340. The number of hydrogen-bond donors (Lipinski definition) is 2. The number of amides is 4. The van der Waals surface area contributed by atoms with Crippen LogP contribution >= 0.6 is 0 Å². The van der Waals surface area contributed by atoms with Crippen molar-refractivity contribution < 1.29 is 41.8 Å². The fraction of sp³-hybridized carbons (Fsp3) is 0.250. The maximum Gasteiger partial charge on any atom is 0.573 e. The fourth-order valence-corrected chi connectivity index (χ4v) is 4.34. The van der Waals surface area contributed by atoms with Crippen LogP contribution in [0.3, 0.4) is 0 Å². The highest BCUT2D eigenvalue weighted by Crippen LogP contribution is 2.34. The third kappa shape index (κ3) is 4.61. The molecule has 0 saturated carbocycles. The van der Waals surface area contributed by atoms with Crippen molar-refractivity contribution in [2.75, 3.05) is 11.9 Å². The second kappa shape index (κ2) is 8.70. The van der Waals surface area contributed by atoms with Gasteiger partial charge in [-0.1, -0.05) is 0 Å². The molecule has 0 bridgehead atoms. The van der Waals surface area contributed by atoms with Crippen LogP contribution in [0, 0.1) is 0 Å². The van der Waals surface area contributed by atoms with Gasteiger partial charge in [-0.3, -0.25) is 24.5 Å². The number of fused-ring (bicyclic) bond motifs is 2. The number of piperidine rings is 1. The van der Waals surface area contributed by atoms with Crippen LogP contribution in [0.4, 0.5) is 18.9 Å². The number of halogens is 3. The van der Waals surface area contributed by atoms with E-state index in [2.05, 4.69) is 15.4 Å².